The zero-order valence-electron chi connectivity index (χ0n) is 16.5. The normalized spacial score (nSPS) is 12.0. The van der Waals surface area contributed by atoms with Crippen LogP contribution < -0.4 is 10.6 Å². The quantitative estimate of drug-likeness (QED) is 0.345. The molecule has 0 aliphatic rings. The van der Waals surface area contributed by atoms with E-state index in [0.29, 0.717) is 6.54 Å². The highest BCUT2D eigenvalue weighted by atomic mass is 127. The standard InChI is InChI=1S/C18H29N5S2.HI/c1-7-19-17(20-9-8-15-22-12(2)13(3)25-15)21-10-16-23-14(11-24-16)18(4,5)6;/h11H,7-10H2,1-6H3,(H2,19,20,21);1H. The fourth-order valence-corrected chi connectivity index (χ4v) is 4.03. The van der Waals surface area contributed by atoms with Gasteiger partial charge in [0.15, 0.2) is 5.96 Å². The van der Waals surface area contributed by atoms with Gasteiger partial charge in [0.25, 0.3) is 0 Å². The van der Waals surface area contributed by atoms with Gasteiger partial charge in [-0.05, 0) is 20.8 Å². The topological polar surface area (TPSA) is 62.2 Å². The molecule has 0 atom stereocenters. The highest BCUT2D eigenvalue weighted by molar-refractivity contribution is 14.0. The van der Waals surface area contributed by atoms with E-state index in [-0.39, 0.29) is 29.4 Å². The number of rotatable bonds is 6. The molecule has 0 aromatic carbocycles. The van der Waals surface area contributed by atoms with E-state index in [1.807, 2.05) is 0 Å². The largest absolute Gasteiger partial charge is 0.357 e. The smallest absolute Gasteiger partial charge is 0.191 e. The number of guanidine groups is 1. The van der Waals surface area contributed by atoms with Crippen LogP contribution in [0.4, 0.5) is 0 Å². The van der Waals surface area contributed by atoms with Crippen LogP contribution in [0.15, 0.2) is 10.4 Å². The average Bonchev–Trinajstić information content (AvgIpc) is 3.12. The van der Waals surface area contributed by atoms with Crippen molar-refractivity contribution in [1.82, 2.24) is 20.6 Å². The maximum absolute atomic E-state index is 4.70. The summed E-state index contributed by atoms with van der Waals surface area (Å²) in [4.78, 5) is 15.2. The Kier molecular flexibility index (Phi) is 9.46. The molecule has 2 aromatic rings. The lowest BCUT2D eigenvalue weighted by Crippen LogP contribution is -2.38. The van der Waals surface area contributed by atoms with Crippen LogP contribution in [0.1, 0.15) is 54.0 Å². The number of aromatic nitrogens is 2. The summed E-state index contributed by atoms with van der Waals surface area (Å²) in [6, 6.07) is 0. The first-order valence-electron chi connectivity index (χ1n) is 8.69. The Labute approximate surface area is 182 Å². The third-order valence-corrected chi connectivity index (χ3v) is 5.71. The zero-order valence-corrected chi connectivity index (χ0v) is 20.4. The van der Waals surface area contributed by atoms with Crippen LogP contribution in [0.2, 0.25) is 0 Å². The minimum absolute atomic E-state index is 0. The second-order valence-electron chi connectivity index (χ2n) is 7.00. The first-order valence-corrected chi connectivity index (χ1v) is 10.4. The van der Waals surface area contributed by atoms with E-state index in [1.54, 1.807) is 22.7 Å². The predicted octanol–water partition coefficient (Wildman–Crippen LogP) is 4.43. The van der Waals surface area contributed by atoms with Gasteiger partial charge >= 0.3 is 0 Å². The van der Waals surface area contributed by atoms with Crippen molar-refractivity contribution in [2.75, 3.05) is 13.1 Å². The molecule has 0 spiro atoms. The lowest BCUT2D eigenvalue weighted by Gasteiger charge is -2.14. The lowest BCUT2D eigenvalue weighted by atomic mass is 9.93. The third kappa shape index (κ3) is 7.11. The molecule has 0 radical (unpaired) electrons. The molecule has 0 amide bonds. The highest BCUT2D eigenvalue weighted by Gasteiger charge is 2.17. The summed E-state index contributed by atoms with van der Waals surface area (Å²) < 4.78 is 0. The van der Waals surface area contributed by atoms with E-state index in [9.17, 15) is 0 Å². The highest BCUT2D eigenvalue weighted by Crippen LogP contribution is 2.24. The van der Waals surface area contributed by atoms with Gasteiger partial charge in [-0.2, -0.15) is 0 Å². The van der Waals surface area contributed by atoms with Gasteiger partial charge in [-0.25, -0.2) is 15.0 Å². The summed E-state index contributed by atoms with van der Waals surface area (Å²) in [6.45, 7) is 15.1. The van der Waals surface area contributed by atoms with Gasteiger partial charge in [0.2, 0.25) is 0 Å². The molecule has 5 nitrogen and oxygen atoms in total. The number of nitrogens with one attached hydrogen (secondary N) is 2. The van der Waals surface area contributed by atoms with Crippen LogP contribution in [0.25, 0.3) is 0 Å². The second-order valence-corrected chi connectivity index (χ2v) is 9.23. The van der Waals surface area contributed by atoms with Gasteiger partial charge in [-0.1, -0.05) is 20.8 Å². The Morgan fingerprint density at radius 3 is 2.42 bits per heavy atom. The first kappa shape index (κ1) is 23.3. The van der Waals surface area contributed by atoms with E-state index >= 15 is 0 Å². The molecule has 2 rings (SSSR count). The molecular formula is C18H30IN5S2. The van der Waals surface area contributed by atoms with Gasteiger partial charge in [0.05, 0.1) is 22.9 Å². The average molecular weight is 508 g/mol. The van der Waals surface area contributed by atoms with E-state index in [1.165, 1.54) is 9.88 Å². The SMILES string of the molecule is CCNC(=NCc1nc(C(C)(C)C)cs1)NCCc1nc(C)c(C)s1.I. The van der Waals surface area contributed by atoms with E-state index in [4.69, 9.17) is 4.98 Å². The van der Waals surface area contributed by atoms with E-state index in [2.05, 4.69) is 67.5 Å². The van der Waals surface area contributed by atoms with Crippen LogP contribution in [0, 0.1) is 13.8 Å². The summed E-state index contributed by atoms with van der Waals surface area (Å²) in [6.07, 6.45) is 0.912. The number of halogens is 1. The van der Waals surface area contributed by atoms with Crippen LogP contribution in [0.5, 0.6) is 0 Å². The lowest BCUT2D eigenvalue weighted by molar-refractivity contribution is 0.571. The molecule has 2 N–H and O–H groups in total. The molecule has 26 heavy (non-hydrogen) atoms. The predicted molar refractivity (Wildman–Crippen MR) is 124 cm³/mol. The Hall–Kier alpha value is -0.740. The molecule has 8 heteroatoms. The first-order chi connectivity index (χ1) is 11.8. The zero-order chi connectivity index (χ0) is 18.4. The molecular weight excluding hydrogens is 477 g/mol. The molecule has 0 fully saturated rings. The summed E-state index contributed by atoms with van der Waals surface area (Å²) in [5.41, 5.74) is 2.36. The molecule has 0 bridgehead atoms. The number of hydrogen-bond acceptors (Lipinski definition) is 5. The van der Waals surface area contributed by atoms with Crippen LogP contribution in [0.3, 0.4) is 0 Å². The van der Waals surface area contributed by atoms with Gasteiger partial charge < -0.3 is 10.6 Å². The van der Waals surface area contributed by atoms with E-state index < -0.39 is 0 Å². The number of aliphatic imine (C=N–C) groups is 1. The van der Waals surface area contributed by atoms with Crippen LogP contribution in [-0.2, 0) is 18.4 Å². The van der Waals surface area contributed by atoms with Crippen LogP contribution >= 0.6 is 46.7 Å². The Morgan fingerprint density at radius 1 is 1.15 bits per heavy atom. The molecule has 0 unspecified atom stereocenters. The van der Waals surface area contributed by atoms with Crippen molar-refractivity contribution in [3.63, 3.8) is 0 Å². The third-order valence-electron chi connectivity index (χ3n) is 3.74. The van der Waals surface area contributed by atoms with Crippen LogP contribution in [-0.4, -0.2) is 29.0 Å². The number of aryl methyl sites for hydroxylation is 2. The van der Waals surface area contributed by atoms with Crippen molar-refractivity contribution in [1.29, 1.82) is 0 Å². The minimum Gasteiger partial charge on any atom is -0.357 e. The number of thiazole rings is 2. The number of nitrogens with zero attached hydrogens (tertiary/aromatic N) is 3. The van der Waals surface area contributed by atoms with Gasteiger partial charge in [0.1, 0.15) is 5.01 Å². The van der Waals surface area contributed by atoms with Crippen molar-refractivity contribution in [3.05, 3.63) is 31.7 Å². The van der Waals surface area contributed by atoms with Crippen molar-refractivity contribution in [3.8, 4) is 0 Å². The molecule has 146 valence electrons. The molecule has 0 saturated heterocycles. The fraction of sp³-hybridized carbons (Fsp3) is 0.611. The monoisotopic (exact) mass is 507 g/mol. The van der Waals surface area contributed by atoms with Gasteiger partial charge in [-0.15, -0.1) is 46.7 Å². The van der Waals surface area contributed by atoms with Crippen molar-refractivity contribution in [2.45, 2.75) is 59.9 Å². The Morgan fingerprint density at radius 2 is 1.88 bits per heavy atom. The molecule has 2 heterocycles. The van der Waals surface area contributed by atoms with Gasteiger partial charge in [0, 0.05) is 35.2 Å². The van der Waals surface area contributed by atoms with E-state index in [0.717, 1.165) is 41.9 Å². The van der Waals surface area contributed by atoms with Gasteiger partial charge in [-0.3, -0.25) is 0 Å². The molecule has 2 aromatic heterocycles. The number of hydrogen-bond donors (Lipinski definition) is 2. The maximum atomic E-state index is 4.70. The summed E-state index contributed by atoms with van der Waals surface area (Å²) in [5.74, 6) is 0.833. The Balaban J connectivity index is 0.00000338. The molecule has 0 saturated carbocycles. The summed E-state index contributed by atoms with van der Waals surface area (Å²) in [5, 5.41) is 11.0. The summed E-state index contributed by atoms with van der Waals surface area (Å²) in [7, 11) is 0. The molecule has 0 aliphatic carbocycles. The maximum Gasteiger partial charge on any atom is 0.191 e. The minimum atomic E-state index is 0. The van der Waals surface area contributed by atoms with Crippen molar-refractivity contribution < 1.29 is 0 Å². The fourth-order valence-electron chi connectivity index (χ4n) is 2.15. The summed E-state index contributed by atoms with van der Waals surface area (Å²) >= 11 is 3.45. The second kappa shape index (κ2) is 10.6. The Bertz CT molecular complexity index is 696. The molecule has 0 aliphatic heterocycles. The van der Waals surface area contributed by atoms with Crippen molar-refractivity contribution in [2.24, 2.45) is 4.99 Å². The van der Waals surface area contributed by atoms with Crippen molar-refractivity contribution >= 4 is 52.6 Å².